The van der Waals surface area contributed by atoms with E-state index >= 15 is 0 Å². The molecule has 0 unspecified atom stereocenters. The highest BCUT2D eigenvalue weighted by molar-refractivity contribution is 7.15. The lowest BCUT2D eigenvalue weighted by molar-refractivity contribution is -0.124. The van der Waals surface area contributed by atoms with Crippen LogP contribution in [0.1, 0.15) is 44.0 Å². The van der Waals surface area contributed by atoms with Crippen LogP contribution >= 0.6 is 11.3 Å². The first-order chi connectivity index (χ1) is 8.79. The van der Waals surface area contributed by atoms with E-state index in [1.54, 1.807) is 0 Å². The van der Waals surface area contributed by atoms with Gasteiger partial charge >= 0.3 is 0 Å². The van der Waals surface area contributed by atoms with Crippen molar-refractivity contribution in [2.75, 3.05) is 11.9 Å². The van der Waals surface area contributed by atoms with Crippen molar-refractivity contribution in [2.45, 2.75) is 51.6 Å². The molecule has 1 saturated heterocycles. The fraction of sp³-hybridized carbons (Fsp3) is 0.750. The molecule has 1 N–H and O–H groups in total. The molecule has 18 heavy (non-hydrogen) atoms. The number of hydrogen-bond acceptors (Lipinski definition) is 5. The molecule has 1 aromatic rings. The van der Waals surface area contributed by atoms with Crippen LogP contribution in [0.5, 0.6) is 0 Å². The van der Waals surface area contributed by atoms with Crippen molar-refractivity contribution < 1.29 is 9.53 Å². The van der Waals surface area contributed by atoms with Gasteiger partial charge in [-0.05, 0) is 19.3 Å². The van der Waals surface area contributed by atoms with Gasteiger partial charge in [0.25, 0.3) is 5.91 Å². The summed E-state index contributed by atoms with van der Waals surface area (Å²) in [6, 6.07) is 0. The normalized spacial score (nSPS) is 19.1. The Kier molecular flexibility index (Phi) is 5.07. The number of amides is 1. The van der Waals surface area contributed by atoms with Gasteiger partial charge < -0.3 is 4.74 Å². The molecule has 0 spiro atoms. The Morgan fingerprint density at radius 2 is 2.39 bits per heavy atom. The fourth-order valence-corrected chi connectivity index (χ4v) is 2.69. The van der Waals surface area contributed by atoms with Crippen LogP contribution in [0.25, 0.3) is 0 Å². The molecule has 6 heteroatoms. The zero-order valence-electron chi connectivity index (χ0n) is 10.6. The Hall–Kier alpha value is -1.01. The Bertz CT molecular complexity index is 388. The second-order valence-corrected chi connectivity index (χ2v) is 5.51. The van der Waals surface area contributed by atoms with E-state index in [0.717, 1.165) is 30.7 Å². The summed E-state index contributed by atoms with van der Waals surface area (Å²) in [7, 11) is 0. The Morgan fingerprint density at radius 1 is 1.50 bits per heavy atom. The predicted molar refractivity (Wildman–Crippen MR) is 70.7 cm³/mol. The molecule has 2 heterocycles. The number of unbranched alkanes of at least 4 members (excludes halogenated alkanes) is 2. The Balaban J connectivity index is 1.80. The average Bonchev–Trinajstić information content (AvgIpc) is 3.00. The van der Waals surface area contributed by atoms with Gasteiger partial charge in [-0.25, -0.2) is 0 Å². The van der Waals surface area contributed by atoms with Crippen molar-refractivity contribution in [3.8, 4) is 0 Å². The number of carbonyl (C=O) groups is 1. The number of carbonyl (C=O) groups excluding carboxylic acids is 1. The first kappa shape index (κ1) is 13.4. The number of aryl methyl sites for hydroxylation is 1. The van der Waals surface area contributed by atoms with Crippen LogP contribution in [0.15, 0.2) is 0 Å². The van der Waals surface area contributed by atoms with Crippen LogP contribution in [0.3, 0.4) is 0 Å². The van der Waals surface area contributed by atoms with E-state index < -0.39 is 0 Å². The number of ether oxygens (including phenoxy) is 1. The van der Waals surface area contributed by atoms with Crippen LogP contribution in [-0.2, 0) is 16.0 Å². The third-order valence-electron chi connectivity index (χ3n) is 2.91. The van der Waals surface area contributed by atoms with Gasteiger partial charge in [-0.2, -0.15) is 0 Å². The molecule has 1 aliphatic heterocycles. The first-order valence-corrected chi connectivity index (χ1v) is 7.36. The molecule has 1 amide bonds. The fourth-order valence-electron chi connectivity index (χ4n) is 1.90. The smallest absolute Gasteiger partial charge is 0.255 e. The molecule has 100 valence electrons. The number of rotatable bonds is 6. The molecule has 0 saturated carbocycles. The summed E-state index contributed by atoms with van der Waals surface area (Å²) in [5.41, 5.74) is 0. The molecule has 0 radical (unpaired) electrons. The number of anilines is 1. The van der Waals surface area contributed by atoms with Crippen molar-refractivity contribution in [2.24, 2.45) is 0 Å². The molecular weight excluding hydrogens is 250 g/mol. The Labute approximate surface area is 111 Å². The summed E-state index contributed by atoms with van der Waals surface area (Å²) in [6.45, 7) is 2.85. The molecule has 5 nitrogen and oxygen atoms in total. The summed E-state index contributed by atoms with van der Waals surface area (Å²) in [5, 5.41) is 12.4. The molecule has 0 aromatic carbocycles. The van der Waals surface area contributed by atoms with Gasteiger partial charge in [0.15, 0.2) is 0 Å². The lowest BCUT2D eigenvalue weighted by Crippen LogP contribution is -2.26. The van der Waals surface area contributed by atoms with Crippen LogP contribution in [0.2, 0.25) is 0 Å². The van der Waals surface area contributed by atoms with Crippen molar-refractivity contribution in [3.63, 3.8) is 0 Å². The minimum Gasteiger partial charge on any atom is -0.368 e. The van der Waals surface area contributed by atoms with Crippen molar-refractivity contribution >= 4 is 22.4 Å². The Morgan fingerprint density at radius 3 is 3.11 bits per heavy atom. The van der Waals surface area contributed by atoms with Crippen LogP contribution in [-0.4, -0.2) is 28.8 Å². The highest BCUT2D eigenvalue weighted by Gasteiger charge is 2.24. The molecule has 0 aliphatic carbocycles. The third kappa shape index (κ3) is 3.74. The van der Waals surface area contributed by atoms with E-state index in [1.165, 1.54) is 24.2 Å². The quantitative estimate of drug-likeness (QED) is 0.805. The minimum absolute atomic E-state index is 0.0937. The molecule has 1 aromatic heterocycles. The topological polar surface area (TPSA) is 64.1 Å². The van der Waals surface area contributed by atoms with E-state index in [1.807, 2.05) is 0 Å². The van der Waals surface area contributed by atoms with E-state index in [4.69, 9.17) is 4.74 Å². The molecular formula is C12H19N3O2S. The van der Waals surface area contributed by atoms with E-state index in [9.17, 15) is 4.79 Å². The number of hydrogen-bond donors (Lipinski definition) is 1. The van der Waals surface area contributed by atoms with Crippen LogP contribution in [0.4, 0.5) is 5.13 Å². The second-order valence-electron chi connectivity index (χ2n) is 4.45. The molecule has 1 fully saturated rings. The highest BCUT2D eigenvalue weighted by Crippen LogP contribution is 2.19. The van der Waals surface area contributed by atoms with Crippen molar-refractivity contribution in [1.29, 1.82) is 0 Å². The predicted octanol–water partition coefficient (Wildman–Crippen LogP) is 2.39. The maximum absolute atomic E-state index is 11.8. The summed E-state index contributed by atoms with van der Waals surface area (Å²) in [6.07, 6.45) is 5.92. The average molecular weight is 269 g/mol. The lowest BCUT2D eigenvalue weighted by Gasteiger charge is -2.06. The summed E-state index contributed by atoms with van der Waals surface area (Å²) in [5.74, 6) is -0.0937. The summed E-state index contributed by atoms with van der Waals surface area (Å²) < 4.78 is 5.32. The highest BCUT2D eigenvalue weighted by atomic mass is 32.1. The minimum atomic E-state index is -0.308. The second kappa shape index (κ2) is 6.80. The molecule has 0 bridgehead atoms. The SMILES string of the molecule is CCCCCc1nnc(NC(=O)[C@@H]2CCCO2)s1. The maximum atomic E-state index is 11.8. The first-order valence-electron chi connectivity index (χ1n) is 6.54. The monoisotopic (exact) mass is 269 g/mol. The van der Waals surface area contributed by atoms with Gasteiger partial charge in [-0.3, -0.25) is 10.1 Å². The number of nitrogens with one attached hydrogen (secondary N) is 1. The number of aromatic nitrogens is 2. The van der Waals surface area contributed by atoms with Crippen LogP contribution < -0.4 is 5.32 Å². The zero-order chi connectivity index (χ0) is 12.8. The van der Waals surface area contributed by atoms with Gasteiger partial charge in [0.05, 0.1) is 0 Å². The summed E-state index contributed by atoms with van der Waals surface area (Å²) >= 11 is 1.46. The van der Waals surface area contributed by atoms with Gasteiger partial charge in [0.2, 0.25) is 5.13 Å². The molecule has 1 aliphatic rings. The molecule has 1 atom stereocenters. The van der Waals surface area contributed by atoms with Crippen LogP contribution in [0, 0.1) is 0 Å². The van der Waals surface area contributed by atoms with Gasteiger partial charge in [0, 0.05) is 13.0 Å². The van der Waals surface area contributed by atoms with Gasteiger partial charge in [-0.1, -0.05) is 31.1 Å². The van der Waals surface area contributed by atoms with E-state index in [-0.39, 0.29) is 12.0 Å². The van der Waals surface area contributed by atoms with E-state index in [0.29, 0.717) is 11.7 Å². The lowest BCUT2D eigenvalue weighted by atomic mass is 10.2. The third-order valence-corrected chi connectivity index (χ3v) is 3.81. The summed E-state index contributed by atoms with van der Waals surface area (Å²) in [4.78, 5) is 11.8. The van der Waals surface area contributed by atoms with E-state index in [2.05, 4.69) is 22.4 Å². The molecule has 2 rings (SSSR count). The zero-order valence-corrected chi connectivity index (χ0v) is 11.5. The standard InChI is InChI=1S/C12H19N3O2S/c1-2-3-4-7-10-14-15-12(18-10)13-11(16)9-6-5-8-17-9/h9H,2-8H2,1H3,(H,13,15,16)/t9-/m0/s1. The maximum Gasteiger partial charge on any atom is 0.255 e. The van der Waals surface area contributed by atoms with Gasteiger partial charge in [-0.15, -0.1) is 10.2 Å². The van der Waals surface area contributed by atoms with Gasteiger partial charge in [0.1, 0.15) is 11.1 Å². The van der Waals surface area contributed by atoms with Crippen molar-refractivity contribution in [3.05, 3.63) is 5.01 Å². The largest absolute Gasteiger partial charge is 0.368 e. The van der Waals surface area contributed by atoms with Crippen molar-refractivity contribution in [1.82, 2.24) is 10.2 Å². The number of nitrogens with zero attached hydrogens (tertiary/aromatic N) is 2.